The minimum absolute atomic E-state index is 0.0976. The molecule has 2 unspecified atom stereocenters. The average Bonchev–Trinajstić information content (AvgIpc) is 2.47. The summed E-state index contributed by atoms with van der Waals surface area (Å²) in [4.78, 5) is 28.7. The zero-order valence-electron chi connectivity index (χ0n) is 11.9. The molecule has 1 aliphatic rings. The second kappa shape index (κ2) is 7.03. The highest BCUT2D eigenvalue weighted by Crippen LogP contribution is 2.12. The molecule has 2 rings (SSSR count). The minimum atomic E-state index is -0.927. The van der Waals surface area contributed by atoms with E-state index >= 15 is 0 Å². The Labute approximate surface area is 122 Å². The number of amides is 2. The van der Waals surface area contributed by atoms with Crippen LogP contribution in [-0.2, 0) is 9.53 Å². The molecule has 7 nitrogen and oxygen atoms in total. The van der Waals surface area contributed by atoms with Crippen molar-refractivity contribution in [2.24, 2.45) is 0 Å². The van der Waals surface area contributed by atoms with Crippen molar-refractivity contribution < 1.29 is 19.4 Å². The molecular weight excluding hydrogens is 274 g/mol. The van der Waals surface area contributed by atoms with Crippen LogP contribution in [-0.4, -0.2) is 52.8 Å². The Morgan fingerprint density at radius 2 is 2.38 bits per heavy atom. The van der Waals surface area contributed by atoms with Crippen LogP contribution in [0.5, 0.6) is 0 Å². The van der Waals surface area contributed by atoms with Gasteiger partial charge in [-0.15, -0.1) is 0 Å². The van der Waals surface area contributed by atoms with Crippen LogP contribution in [0.4, 0.5) is 4.79 Å². The van der Waals surface area contributed by atoms with E-state index in [1.165, 1.54) is 0 Å². The van der Waals surface area contributed by atoms with Crippen molar-refractivity contribution in [3.8, 4) is 0 Å². The number of ether oxygens (including phenoxy) is 1. The molecule has 114 valence electrons. The van der Waals surface area contributed by atoms with E-state index in [0.717, 1.165) is 5.69 Å². The van der Waals surface area contributed by atoms with Crippen molar-refractivity contribution in [3.05, 3.63) is 30.1 Å². The Kier molecular flexibility index (Phi) is 5.10. The first-order valence-corrected chi connectivity index (χ1v) is 6.86. The number of aromatic nitrogens is 1. The number of carbonyl (C=O) groups excluding carboxylic acids is 1. The van der Waals surface area contributed by atoms with E-state index in [2.05, 4.69) is 10.3 Å². The highest BCUT2D eigenvalue weighted by atomic mass is 16.5. The van der Waals surface area contributed by atoms with Crippen LogP contribution in [0.3, 0.4) is 0 Å². The Morgan fingerprint density at radius 1 is 1.57 bits per heavy atom. The monoisotopic (exact) mass is 293 g/mol. The number of nitrogens with one attached hydrogen (secondary N) is 1. The standard InChI is InChI=1S/C14H19N3O4/c1-10(12-4-2-3-5-15-12)16-14(20)17-6-7-21-11(9-17)8-13(18)19/h2-5,10-11H,6-9H2,1H3,(H,16,20)(H,18,19). The minimum Gasteiger partial charge on any atom is -0.481 e. The van der Waals surface area contributed by atoms with Crippen molar-refractivity contribution in [1.29, 1.82) is 0 Å². The average molecular weight is 293 g/mol. The van der Waals surface area contributed by atoms with Gasteiger partial charge in [-0.3, -0.25) is 9.78 Å². The molecule has 7 heteroatoms. The highest BCUT2D eigenvalue weighted by molar-refractivity contribution is 5.75. The van der Waals surface area contributed by atoms with Crippen LogP contribution in [0, 0.1) is 0 Å². The largest absolute Gasteiger partial charge is 0.481 e. The molecule has 21 heavy (non-hydrogen) atoms. The number of carboxylic acid groups (broad SMARTS) is 1. The number of rotatable bonds is 4. The number of nitrogens with zero attached hydrogens (tertiary/aromatic N) is 2. The van der Waals surface area contributed by atoms with Gasteiger partial charge in [0.05, 0.1) is 30.9 Å². The fraction of sp³-hybridized carbons (Fsp3) is 0.500. The van der Waals surface area contributed by atoms with Gasteiger partial charge in [0, 0.05) is 19.3 Å². The van der Waals surface area contributed by atoms with Crippen molar-refractivity contribution >= 4 is 12.0 Å². The third kappa shape index (κ3) is 4.42. The molecule has 1 aromatic heterocycles. The number of morpholine rings is 1. The van der Waals surface area contributed by atoms with Gasteiger partial charge in [0.2, 0.25) is 0 Å². The zero-order chi connectivity index (χ0) is 15.2. The van der Waals surface area contributed by atoms with Crippen LogP contribution in [0.15, 0.2) is 24.4 Å². The van der Waals surface area contributed by atoms with E-state index in [9.17, 15) is 9.59 Å². The molecule has 2 heterocycles. The summed E-state index contributed by atoms with van der Waals surface area (Å²) in [7, 11) is 0. The summed E-state index contributed by atoms with van der Waals surface area (Å²) in [6.07, 6.45) is 1.13. The van der Waals surface area contributed by atoms with E-state index in [0.29, 0.717) is 13.2 Å². The third-order valence-corrected chi connectivity index (χ3v) is 3.30. The van der Waals surface area contributed by atoms with Crippen molar-refractivity contribution in [2.75, 3.05) is 19.7 Å². The Morgan fingerprint density at radius 3 is 3.05 bits per heavy atom. The highest BCUT2D eigenvalue weighted by Gasteiger charge is 2.26. The lowest BCUT2D eigenvalue weighted by molar-refractivity contribution is -0.141. The van der Waals surface area contributed by atoms with Crippen LogP contribution in [0.2, 0.25) is 0 Å². The number of urea groups is 1. The van der Waals surface area contributed by atoms with E-state index < -0.39 is 12.1 Å². The molecule has 0 aromatic carbocycles. The molecule has 0 saturated carbocycles. The smallest absolute Gasteiger partial charge is 0.318 e. The van der Waals surface area contributed by atoms with Crippen molar-refractivity contribution in [2.45, 2.75) is 25.5 Å². The van der Waals surface area contributed by atoms with Gasteiger partial charge in [0.1, 0.15) is 0 Å². The second-order valence-electron chi connectivity index (χ2n) is 4.96. The number of pyridine rings is 1. The predicted molar refractivity (Wildman–Crippen MR) is 74.7 cm³/mol. The van der Waals surface area contributed by atoms with Gasteiger partial charge in [-0.05, 0) is 19.1 Å². The maximum absolute atomic E-state index is 12.2. The topological polar surface area (TPSA) is 91.8 Å². The molecule has 2 N–H and O–H groups in total. The first-order chi connectivity index (χ1) is 10.1. The molecule has 2 amide bonds. The Hall–Kier alpha value is -2.15. The third-order valence-electron chi connectivity index (χ3n) is 3.30. The zero-order valence-corrected chi connectivity index (χ0v) is 11.9. The second-order valence-corrected chi connectivity index (χ2v) is 4.96. The molecule has 1 aliphatic heterocycles. The summed E-state index contributed by atoms with van der Waals surface area (Å²) in [6.45, 7) is 2.95. The molecule has 0 spiro atoms. The van der Waals surface area contributed by atoms with Crippen molar-refractivity contribution in [1.82, 2.24) is 15.2 Å². The summed E-state index contributed by atoms with van der Waals surface area (Å²) in [5.74, 6) is -0.927. The summed E-state index contributed by atoms with van der Waals surface area (Å²) in [5.41, 5.74) is 0.779. The lowest BCUT2D eigenvalue weighted by atomic mass is 10.2. The van der Waals surface area contributed by atoms with Gasteiger partial charge in [-0.1, -0.05) is 6.07 Å². The molecule has 0 aliphatic carbocycles. The fourth-order valence-corrected chi connectivity index (χ4v) is 2.20. The fourth-order valence-electron chi connectivity index (χ4n) is 2.20. The molecule has 1 saturated heterocycles. The lowest BCUT2D eigenvalue weighted by Gasteiger charge is -2.33. The van der Waals surface area contributed by atoms with E-state index in [-0.39, 0.29) is 25.0 Å². The van der Waals surface area contributed by atoms with Gasteiger partial charge in [-0.25, -0.2) is 4.79 Å². The van der Waals surface area contributed by atoms with E-state index in [1.54, 1.807) is 11.1 Å². The number of carbonyl (C=O) groups is 2. The SMILES string of the molecule is CC(NC(=O)N1CCOC(CC(=O)O)C1)c1ccccn1. The Bertz CT molecular complexity index is 494. The van der Waals surface area contributed by atoms with Crippen LogP contribution >= 0.6 is 0 Å². The number of aliphatic carboxylic acids is 1. The van der Waals surface area contributed by atoms with Crippen LogP contribution in [0.1, 0.15) is 25.1 Å². The van der Waals surface area contributed by atoms with E-state index in [4.69, 9.17) is 9.84 Å². The first-order valence-electron chi connectivity index (χ1n) is 6.86. The molecule has 2 atom stereocenters. The van der Waals surface area contributed by atoms with E-state index in [1.807, 2.05) is 25.1 Å². The molecule has 1 fully saturated rings. The summed E-state index contributed by atoms with van der Waals surface area (Å²) >= 11 is 0. The molecule has 0 radical (unpaired) electrons. The first kappa shape index (κ1) is 15.2. The molecule has 0 bridgehead atoms. The van der Waals surface area contributed by atoms with Crippen LogP contribution < -0.4 is 5.32 Å². The molecule has 1 aromatic rings. The quantitative estimate of drug-likeness (QED) is 0.865. The predicted octanol–water partition coefficient (Wildman–Crippen LogP) is 1.03. The van der Waals surface area contributed by atoms with Gasteiger partial charge in [0.25, 0.3) is 0 Å². The number of hydrogen-bond donors (Lipinski definition) is 2. The van der Waals surface area contributed by atoms with Crippen LogP contribution in [0.25, 0.3) is 0 Å². The maximum Gasteiger partial charge on any atom is 0.318 e. The summed E-state index contributed by atoms with van der Waals surface area (Å²) in [6, 6.07) is 5.09. The normalized spacial score (nSPS) is 19.9. The number of hydrogen-bond acceptors (Lipinski definition) is 4. The molecular formula is C14H19N3O4. The van der Waals surface area contributed by atoms with Gasteiger partial charge in [-0.2, -0.15) is 0 Å². The van der Waals surface area contributed by atoms with Gasteiger partial charge >= 0.3 is 12.0 Å². The van der Waals surface area contributed by atoms with Gasteiger partial charge in [0.15, 0.2) is 0 Å². The lowest BCUT2D eigenvalue weighted by Crippen LogP contribution is -2.50. The number of carboxylic acids is 1. The van der Waals surface area contributed by atoms with Crippen molar-refractivity contribution in [3.63, 3.8) is 0 Å². The Balaban J connectivity index is 1.89. The van der Waals surface area contributed by atoms with Gasteiger partial charge < -0.3 is 20.1 Å². The maximum atomic E-state index is 12.2. The summed E-state index contributed by atoms with van der Waals surface area (Å²) < 4.78 is 5.34. The summed E-state index contributed by atoms with van der Waals surface area (Å²) in [5, 5.41) is 11.6.